The number of alkyl halides is 3. The van der Waals surface area contributed by atoms with E-state index in [1.54, 1.807) is 7.05 Å². The SMILES string of the molecule is Cn1nccc1C(O)CCC(F)(F)F. The fourth-order valence-corrected chi connectivity index (χ4v) is 1.16. The summed E-state index contributed by atoms with van der Waals surface area (Å²) in [6, 6.07) is 1.50. The van der Waals surface area contributed by atoms with E-state index in [4.69, 9.17) is 0 Å². The molecule has 0 saturated carbocycles. The summed E-state index contributed by atoms with van der Waals surface area (Å²) in [6.07, 6.45) is -5.21. The summed E-state index contributed by atoms with van der Waals surface area (Å²) in [5, 5.41) is 13.2. The number of aromatic nitrogens is 2. The van der Waals surface area contributed by atoms with Gasteiger partial charge in [-0.1, -0.05) is 0 Å². The van der Waals surface area contributed by atoms with Crippen LogP contribution >= 0.6 is 0 Å². The van der Waals surface area contributed by atoms with Gasteiger partial charge in [-0.05, 0) is 12.5 Å². The normalized spacial score (nSPS) is 14.4. The maximum Gasteiger partial charge on any atom is 0.389 e. The van der Waals surface area contributed by atoms with Crippen LogP contribution in [0.4, 0.5) is 13.2 Å². The number of halogens is 3. The van der Waals surface area contributed by atoms with Crippen molar-refractivity contribution in [2.24, 2.45) is 7.05 Å². The van der Waals surface area contributed by atoms with Gasteiger partial charge < -0.3 is 5.11 Å². The van der Waals surface area contributed by atoms with E-state index in [1.807, 2.05) is 0 Å². The van der Waals surface area contributed by atoms with Crippen LogP contribution in [-0.2, 0) is 7.05 Å². The number of hydrogen-bond acceptors (Lipinski definition) is 2. The van der Waals surface area contributed by atoms with Crippen LogP contribution in [0.5, 0.6) is 0 Å². The average Bonchev–Trinajstić information content (AvgIpc) is 2.46. The molecule has 0 aliphatic heterocycles. The van der Waals surface area contributed by atoms with Crippen molar-refractivity contribution in [2.45, 2.75) is 25.1 Å². The van der Waals surface area contributed by atoms with Gasteiger partial charge in [-0.25, -0.2) is 0 Å². The molecule has 1 N–H and O–H groups in total. The molecule has 1 rings (SSSR count). The van der Waals surface area contributed by atoms with Gasteiger partial charge in [-0.15, -0.1) is 0 Å². The van der Waals surface area contributed by atoms with E-state index in [2.05, 4.69) is 5.10 Å². The first-order valence-electron chi connectivity index (χ1n) is 4.13. The highest BCUT2D eigenvalue weighted by Crippen LogP contribution is 2.26. The Morgan fingerprint density at radius 2 is 2.21 bits per heavy atom. The monoisotopic (exact) mass is 208 g/mol. The Labute approximate surface area is 79.2 Å². The van der Waals surface area contributed by atoms with Gasteiger partial charge >= 0.3 is 6.18 Å². The molecule has 0 aliphatic rings. The van der Waals surface area contributed by atoms with Gasteiger partial charge in [0, 0.05) is 19.7 Å². The topological polar surface area (TPSA) is 38.0 Å². The predicted octanol–water partition coefficient (Wildman–Crippen LogP) is 1.80. The van der Waals surface area contributed by atoms with Crippen LogP contribution in [0.25, 0.3) is 0 Å². The maximum absolute atomic E-state index is 11.8. The fourth-order valence-electron chi connectivity index (χ4n) is 1.16. The van der Waals surface area contributed by atoms with E-state index >= 15 is 0 Å². The van der Waals surface area contributed by atoms with Crippen molar-refractivity contribution in [2.75, 3.05) is 0 Å². The second-order valence-electron chi connectivity index (χ2n) is 3.05. The lowest BCUT2D eigenvalue weighted by Crippen LogP contribution is -2.12. The highest BCUT2D eigenvalue weighted by molar-refractivity contribution is 5.03. The first kappa shape index (κ1) is 11.0. The van der Waals surface area contributed by atoms with E-state index in [1.165, 1.54) is 16.9 Å². The van der Waals surface area contributed by atoms with Crippen LogP contribution in [-0.4, -0.2) is 21.1 Å². The smallest absolute Gasteiger partial charge is 0.387 e. The fraction of sp³-hybridized carbons (Fsp3) is 0.625. The number of aliphatic hydroxyl groups excluding tert-OH is 1. The van der Waals surface area contributed by atoms with Gasteiger partial charge in [0.1, 0.15) is 0 Å². The van der Waals surface area contributed by atoms with Crippen molar-refractivity contribution in [1.29, 1.82) is 0 Å². The number of nitrogens with zero attached hydrogens (tertiary/aromatic N) is 2. The minimum atomic E-state index is -4.22. The second-order valence-corrected chi connectivity index (χ2v) is 3.05. The van der Waals surface area contributed by atoms with Gasteiger partial charge in [-0.2, -0.15) is 18.3 Å². The number of aryl methyl sites for hydroxylation is 1. The largest absolute Gasteiger partial charge is 0.389 e. The zero-order valence-corrected chi connectivity index (χ0v) is 7.62. The molecule has 0 amide bonds. The van der Waals surface area contributed by atoms with Crippen LogP contribution in [0.1, 0.15) is 24.6 Å². The third-order valence-electron chi connectivity index (χ3n) is 1.90. The molecule has 1 aromatic rings. The molecule has 3 nitrogen and oxygen atoms in total. The molecule has 80 valence electrons. The Morgan fingerprint density at radius 3 is 2.64 bits per heavy atom. The first-order valence-corrected chi connectivity index (χ1v) is 4.13. The molecule has 0 aliphatic carbocycles. The number of rotatable bonds is 3. The molecule has 0 spiro atoms. The molecule has 0 aromatic carbocycles. The van der Waals surface area contributed by atoms with Crippen LogP contribution < -0.4 is 0 Å². The van der Waals surface area contributed by atoms with Crippen LogP contribution in [0.3, 0.4) is 0 Å². The molecular formula is C8H11F3N2O. The summed E-state index contributed by atoms with van der Waals surface area (Å²) in [6.45, 7) is 0. The molecule has 1 heterocycles. The lowest BCUT2D eigenvalue weighted by Gasteiger charge is -2.12. The predicted molar refractivity (Wildman–Crippen MR) is 43.5 cm³/mol. The standard InChI is InChI=1S/C8H11F3N2O/c1-13-6(3-5-12-13)7(14)2-4-8(9,10)11/h3,5,7,14H,2,4H2,1H3. The summed E-state index contributed by atoms with van der Waals surface area (Å²) in [7, 11) is 1.58. The van der Waals surface area contributed by atoms with Crippen LogP contribution in [0.15, 0.2) is 12.3 Å². The van der Waals surface area contributed by atoms with E-state index in [0.29, 0.717) is 5.69 Å². The third kappa shape index (κ3) is 3.02. The van der Waals surface area contributed by atoms with Crippen molar-refractivity contribution in [1.82, 2.24) is 9.78 Å². The molecule has 1 unspecified atom stereocenters. The van der Waals surface area contributed by atoms with Crippen molar-refractivity contribution in [3.63, 3.8) is 0 Å². The minimum Gasteiger partial charge on any atom is -0.387 e. The van der Waals surface area contributed by atoms with Gasteiger partial charge in [0.15, 0.2) is 0 Å². The molecule has 0 bridgehead atoms. The summed E-state index contributed by atoms with van der Waals surface area (Å²) in [5.41, 5.74) is 0.397. The average molecular weight is 208 g/mol. The Hall–Kier alpha value is -1.04. The molecule has 1 aromatic heterocycles. The summed E-state index contributed by atoms with van der Waals surface area (Å²) in [5.74, 6) is 0. The van der Waals surface area contributed by atoms with E-state index in [0.717, 1.165) is 0 Å². The highest BCUT2D eigenvalue weighted by Gasteiger charge is 2.28. The van der Waals surface area contributed by atoms with Crippen molar-refractivity contribution in [3.05, 3.63) is 18.0 Å². The van der Waals surface area contributed by atoms with Crippen LogP contribution in [0.2, 0.25) is 0 Å². The first-order chi connectivity index (χ1) is 6.40. The third-order valence-corrected chi connectivity index (χ3v) is 1.90. The highest BCUT2D eigenvalue weighted by atomic mass is 19.4. The molecule has 6 heteroatoms. The van der Waals surface area contributed by atoms with E-state index in [-0.39, 0.29) is 6.42 Å². The summed E-state index contributed by atoms with van der Waals surface area (Å²) >= 11 is 0. The second kappa shape index (κ2) is 4.00. The molecule has 0 radical (unpaired) electrons. The van der Waals surface area contributed by atoms with Gasteiger partial charge in [-0.3, -0.25) is 4.68 Å². The van der Waals surface area contributed by atoms with Gasteiger partial charge in [0.25, 0.3) is 0 Å². The Bertz CT molecular complexity index is 295. The van der Waals surface area contributed by atoms with Crippen molar-refractivity contribution >= 4 is 0 Å². The van der Waals surface area contributed by atoms with E-state index < -0.39 is 18.7 Å². The summed E-state index contributed by atoms with van der Waals surface area (Å²) in [4.78, 5) is 0. The summed E-state index contributed by atoms with van der Waals surface area (Å²) < 4.78 is 36.8. The molecule has 0 saturated heterocycles. The van der Waals surface area contributed by atoms with Crippen LogP contribution in [0, 0.1) is 0 Å². The zero-order valence-electron chi connectivity index (χ0n) is 7.62. The molecule has 1 atom stereocenters. The van der Waals surface area contributed by atoms with Gasteiger partial charge in [0.05, 0.1) is 11.8 Å². The van der Waals surface area contributed by atoms with E-state index in [9.17, 15) is 18.3 Å². The number of aliphatic hydroxyl groups is 1. The van der Waals surface area contributed by atoms with Crippen molar-refractivity contribution < 1.29 is 18.3 Å². The molecule has 14 heavy (non-hydrogen) atoms. The Morgan fingerprint density at radius 1 is 1.57 bits per heavy atom. The van der Waals surface area contributed by atoms with Gasteiger partial charge in [0.2, 0.25) is 0 Å². The molecular weight excluding hydrogens is 197 g/mol. The lowest BCUT2D eigenvalue weighted by molar-refractivity contribution is -0.140. The zero-order chi connectivity index (χ0) is 10.8. The lowest BCUT2D eigenvalue weighted by atomic mass is 10.1. The molecule has 0 fully saturated rings. The Kier molecular flexibility index (Phi) is 3.15. The maximum atomic E-state index is 11.8. The quantitative estimate of drug-likeness (QED) is 0.822. The Balaban J connectivity index is 2.51. The minimum absolute atomic E-state index is 0.330. The number of hydrogen-bond donors (Lipinski definition) is 1. The van der Waals surface area contributed by atoms with Crippen molar-refractivity contribution in [3.8, 4) is 0 Å².